The number of ether oxygens (including phenoxy) is 6. The number of hydrogen-bond acceptors (Lipinski definition) is 10. The van der Waals surface area contributed by atoms with E-state index in [2.05, 4.69) is 13.8 Å². The number of rotatable bonds is 30. The van der Waals surface area contributed by atoms with Crippen LogP contribution in [0.5, 0.6) is 0 Å². The minimum Gasteiger partial charge on any atom is -0.465 e. The van der Waals surface area contributed by atoms with E-state index in [4.69, 9.17) is 28.4 Å². The van der Waals surface area contributed by atoms with Crippen LogP contribution in [0.2, 0.25) is 0 Å². The molecule has 0 spiro atoms. The maximum atomic E-state index is 12.6. The van der Waals surface area contributed by atoms with Gasteiger partial charge in [-0.1, -0.05) is 78.1 Å². The molecule has 292 valence electrons. The third kappa shape index (κ3) is 24.1. The van der Waals surface area contributed by atoms with Crippen molar-refractivity contribution < 1.29 is 47.6 Å². The van der Waals surface area contributed by atoms with Crippen LogP contribution in [-0.2, 0) is 47.6 Å². The van der Waals surface area contributed by atoms with E-state index in [9.17, 15) is 19.2 Å². The molecule has 10 nitrogen and oxygen atoms in total. The average molecular weight is 713 g/mol. The van der Waals surface area contributed by atoms with Crippen molar-refractivity contribution in [1.29, 1.82) is 0 Å². The van der Waals surface area contributed by atoms with Crippen LogP contribution in [0.15, 0.2) is 0 Å². The monoisotopic (exact) mass is 713 g/mol. The summed E-state index contributed by atoms with van der Waals surface area (Å²) in [6, 6.07) is 0. The van der Waals surface area contributed by atoms with E-state index in [0.717, 1.165) is 38.5 Å². The zero-order chi connectivity index (χ0) is 37.1. The fourth-order valence-electron chi connectivity index (χ4n) is 5.74. The average Bonchev–Trinajstić information content (AvgIpc) is 3.07. The van der Waals surface area contributed by atoms with Gasteiger partial charge >= 0.3 is 23.9 Å². The van der Waals surface area contributed by atoms with E-state index >= 15 is 0 Å². The molecule has 1 fully saturated rings. The van der Waals surface area contributed by atoms with Crippen LogP contribution < -0.4 is 0 Å². The van der Waals surface area contributed by atoms with Crippen molar-refractivity contribution in [2.75, 3.05) is 26.4 Å². The quantitative estimate of drug-likeness (QED) is 0.0404. The van der Waals surface area contributed by atoms with Gasteiger partial charge in [0.05, 0.1) is 30.8 Å². The largest absolute Gasteiger partial charge is 0.465 e. The zero-order valence-corrected chi connectivity index (χ0v) is 32.6. The van der Waals surface area contributed by atoms with Gasteiger partial charge in [-0.05, 0) is 79.1 Å². The van der Waals surface area contributed by atoms with Gasteiger partial charge in [-0.15, -0.1) is 0 Å². The third-order valence-electron chi connectivity index (χ3n) is 9.15. The second-order valence-corrected chi connectivity index (χ2v) is 14.9. The zero-order valence-electron chi connectivity index (χ0n) is 32.6. The summed E-state index contributed by atoms with van der Waals surface area (Å²) in [6.07, 6.45) is 18.7. The summed E-state index contributed by atoms with van der Waals surface area (Å²) in [6.45, 7) is 12.4. The third-order valence-corrected chi connectivity index (χ3v) is 9.15. The molecule has 0 aromatic carbocycles. The molecule has 0 amide bonds. The standard InChI is InChI=1S/C40H72O10/c1-7-9-11-13-17-23-33(3)49-37(43)27-21-15-19-25-35(41)45-29-40(31-47-39(5,6)48-32-40)30-46-36(42)26-20-16-22-28-38(44)50-34(4)24-18-14-12-10-8-2/h33-34H,7-32H2,1-6H3. The van der Waals surface area contributed by atoms with Gasteiger partial charge in [-0.3, -0.25) is 19.2 Å². The van der Waals surface area contributed by atoms with Crippen molar-refractivity contribution in [3.8, 4) is 0 Å². The molecule has 0 N–H and O–H groups in total. The van der Waals surface area contributed by atoms with Crippen LogP contribution in [0.1, 0.15) is 183 Å². The Hall–Kier alpha value is -2.20. The Bertz CT molecular complexity index is 861. The molecule has 0 radical (unpaired) electrons. The topological polar surface area (TPSA) is 124 Å². The van der Waals surface area contributed by atoms with Crippen LogP contribution >= 0.6 is 0 Å². The Morgan fingerprint density at radius 3 is 1.24 bits per heavy atom. The van der Waals surface area contributed by atoms with E-state index < -0.39 is 11.2 Å². The molecule has 0 bridgehead atoms. The van der Waals surface area contributed by atoms with Crippen LogP contribution in [0.3, 0.4) is 0 Å². The lowest BCUT2D eigenvalue weighted by Gasteiger charge is -2.42. The van der Waals surface area contributed by atoms with E-state index in [1.54, 1.807) is 0 Å². The molecule has 0 aromatic heterocycles. The van der Waals surface area contributed by atoms with E-state index in [0.29, 0.717) is 38.5 Å². The first-order chi connectivity index (χ1) is 23.9. The van der Waals surface area contributed by atoms with Crippen LogP contribution in [0.4, 0.5) is 0 Å². The first kappa shape index (κ1) is 45.8. The first-order valence-electron chi connectivity index (χ1n) is 19.9. The summed E-state index contributed by atoms with van der Waals surface area (Å²) in [5.74, 6) is -1.84. The Labute approximate surface area is 303 Å². The molecule has 50 heavy (non-hydrogen) atoms. The molecule has 1 saturated heterocycles. The molecule has 0 aliphatic carbocycles. The molecule has 10 heteroatoms. The number of esters is 4. The molecule has 0 aromatic rings. The maximum Gasteiger partial charge on any atom is 0.306 e. The van der Waals surface area contributed by atoms with E-state index in [-0.39, 0.29) is 75.4 Å². The summed E-state index contributed by atoms with van der Waals surface area (Å²) in [4.78, 5) is 49.4. The fourth-order valence-corrected chi connectivity index (χ4v) is 5.74. The predicted molar refractivity (Wildman–Crippen MR) is 194 cm³/mol. The second-order valence-electron chi connectivity index (χ2n) is 14.9. The summed E-state index contributed by atoms with van der Waals surface area (Å²) >= 11 is 0. The normalized spacial score (nSPS) is 16.3. The van der Waals surface area contributed by atoms with Crippen molar-refractivity contribution in [3.63, 3.8) is 0 Å². The molecule has 2 atom stereocenters. The van der Waals surface area contributed by atoms with Gasteiger partial charge in [0.25, 0.3) is 0 Å². The lowest BCUT2D eigenvalue weighted by molar-refractivity contribution is -0.296. The SMILES string of the molecule is CCCCCCCC(C)OC(=O)CCCCCC(=O)OCC1(COC(=O)CCCCCC(=O)OC(C)CCCCCCC)COC(C)(C)OC1. The second kappa shape index (κ2) is 27.5. The van der Waals surface area contributed by atoms with E-state index in [1.807, 2.05) is 27.7 Å². The molecule has 0 saturated carbocycles. The van der Waals surface area contributed by atoms with Gasteiger partial charge < -0.3 is 28.4 Å². The first-order valence-corrected chi connectivity index (χ1v) is 19.9. The van der Waals surface area contributed by atoms with Crippen LogP contribution in [0.25, 0.3) is 0 Å². The predicted octanol–water partition coefficient (Wildman–Crippen LogP) is 9.33. The highest BCUT2D eigenvalue weighted by atomic mass is 16.7. The Kier molecular flexibility index (Phi) is 25.2. The highest BCUT2D eigenvalue weighted by molar-refractivity contribution is 5.70. The highest BCUT2D eigenvalue weighted by Crippen LogP contribution is 2.31. The fraction of sp³-hybridized carbons (Fsp3) is 0.900. The van der Waals surface area contributed by atoms with Crippen molar-refractivity contribution in [2.24, 2.45) is 5.41 Å². The number of carbonyl (C=O) groups is 4. The number of carbonyl (C=O) groups excluding carboxylic acids is 4. The van der Waals surface area contributed by atoms with Gasteiger partial charge in [0.15, 0.2) is 5.79 Å². The Balaban J connectivity index is 2.28. The molecule has 1 aliphatic rings. The summed E-state index contributed by atoms with van der Waals surface area (Å²) < 4.78 is 33.9. The molecular weight excluding hydrogens is 640 g/mol. The molecule has 2 unspecified atom stereocenters. The maximum absolute atomic E-state index is 12.6. The lowest BCUT2D eigenvalue weighted by Crippen LogP contribution is -2.51. The van der Waals surface area contributed by atoms with Crippen molar-refractivity contribution in [1.82, 2.24) is 0 Å². The highest BCUT2D eigenvalue weighted by Gasteiger charge is 2.42. The lowest BCUT2D eigenvalue weighted by atomic mass is 9.91. The van der Waals surface area contributed by atoms with Crippen molar-refractivity contribution in [3.05, 3.63) is 0 Å². The summed E-state index contributed by atoms with van der Waals surface area (Å²) in [7, 11) is 0. The Morgan fingerprint density at radius 1 is 0.520 bits per heavy atom. The summed E-state index contributed by atoms with van der Waals surface area (Å²) in [5.41, 5.74) is -0.798. The van der Waals surface area contributed by atoms with E-state index in [1.165, 1.54) is 51.4 Å². The van der Waals surface area contributed by atoms with Gasteiger partial charge in [0.1, 0.15) is 13.2 Å². The summed E-state index contributed by atoms with van der Waals surface area (Å²) in [5, 5.41) is 0. The molecule has 1 heterocycles. The van der Waals surface area contributed by atoms with Gasteiger partial charge in [-0.25, -0.2) is 0 Å². The minimum atomic E-state index is -0.798. The van der Waals surface area contributed by atoms with Crippen LogP contribution in [-0.4, -0.2) is 68.3 Å². The van der Waals surface area contributed by atoms with Gasteiger partial charge in [0.2, 0.25) is 0 Å². The molecule has 1 aliphatic heterocycles. The molecular formula is C40H72O10. The van der Waals surface area contributed by atoms with Crippen molar-refractivity contribution in [2.45, 2.75) is 201 Å². The van der Waals surface area contributed by atoms with Crippen molar-refractivity contribution >= 4 is 23.9 Å². The number of hydrogen-bond donors (Lipinski definition) is 0. The Morgan fingerprint density at radius 2 is 0.860 bits per heavy atom. The molecule has 1 rings (SSSR count). The smallest absolute Gasteiger partial charge is 0.306 e. The minimum absolute atomic E-state index is 0.0110. The number of unbranched alkanes of at least 4 members (excludes halogenated alkanes) is 12. The van der Waals surface area contributed by atoms with Gasteiger partial charge in [0, 0.05) is 25.7 Å². The van der Waals surface area contributed by atoms with Gasteiger partial charge in [-0.2, -0.15) is 0 Å². The van der Waals surface area contributed by atoms with Crippen LogP contribution in [0, 0.1) is 5.41 Å².